The third-order valence-electron chi connectivity index (χ3n) is 3.39. The Balaban J connectivity index is 1.67. The summed E-state index contributed by atoms with van der Waals surface area (Å²) in [7, 11) is 0. The molecule has 18 heavy (non-hydrogen) atoms. The van der Waals surface area contributed by atoms with Crippen LogP contribution in [0.4, 0.5) is 5.95 Å². The van der Waals surface area contributed by atoms with E-state index in [0.29, 0.717) is 29.6 Å². The molecule has 1 N–H and O–H groups in total. The Kier molecular flexibility index (Phi) is 2.60. The van der Waals surface area contributed by atoms with E-state index in [-0.39, 0.29) is 6.04 Å². The van der Waals surface area contributed by atoms with E-state index in [0.717, 1.165) is 31.4 Å². The number of nitrogens with zero attached hydrogens (tertiary/aromatic N) is 4. The van der Waals surface area contributed by atoms with Crippen molar-refractivity contribution in [3.05, 3.63) is 10.3 Å². The van der Waals surface area contributed by atoms with Crippen molar-refractivity contribution in [2.75, 3.05) is 25.4 Å². The highest BCUT2D eigenvalue weighted by atomic mass is 79.9. The zero-order chi connectivity index (χ0) is 15.0. The molecule has 2 heterocycles. The molecule has 1 atom stereocenters. The van der Waals surface area contributed by atoms with Crippen molar-refractivity contribution in [3.63, 3.8) is 0 Å². The summed E-state index contributed by atoms with van der Waals surface area (Å²) >= 11 is 3.39. The van der Waals surface area contributed by atoms with E-state index in [4.69, 9.17) is 4.11 Å². The molecule has 0 amide bonds. The fourth-order valence-electron chi connectivity index (χ4n) is 2.28. The Morgan fingerprint density at radius 3 is 3.06 bits per heavy atom. The van der Waals surface area contributed by atoms with Crippen molar-refractivity contribution < 1.29 is 4.11 Å². The van der Waals surface area contributed by atoms with Gasteiger partial charge in [0.15, 0.2) is 4.60 Å². The van der Waals surface area contributed by atoms with Gasteiger partial charge in [-0.1, -0.05) is 0 Å². The minimum Gasteiger partial charge on any atom is -0.349 e. The van der Waals surface area contributed by atoms with E-state index in [9.17, 15) is 0 Å². The molecule has 6 heteroatoms. The van der Waals surface area contributed by atoms with Crippen molar-refractivity contribution in [1.29, 1.82) is 0 Å². The summed E-state index contributed by atoms with van der Waals surface area (Å²) < 4.78 is 23.2. The maximum atomic E-state index is 7.50. The summed E-state index contributed by atoms with van der Waals surface area (Å²) in [6.45, 7) is -0.936. The lowest BCUT2D eigenvalue weighted by atomic mass is 10.1. The first-order valence-corrected chi connectivity index (χ1v) is 7.14. The number of rotatable bonds is 3. The van der Waals surface area contributed by atoms with Crippen LogP contribution in [-0.2, 0) is 0 Å². The molecular weight excluding hydrogens is 294 g/mol. The summed E-state index contributed by atoms with van der Waals surface area (Å²) in [5.74, 6) is 0.984. The summed E-state index contributed by atoms with van der Waals surface area (Å²) in [6, 6.07) is 0.0502. The number of hydrogen-bond acceptors (Lipinski definition) is 5. The second-order valence-corrected chi connectivity index (χ2v) is 5.77. The molecule has 0 bridgehead atoms. The lowest BCUT2D eigenvalue weighted by molar-refractivity contribution is 0.260. The molecule has 1 aromatic rings. The van der Waals surface area contributed by atoms with E-state index in [1.165, 1.54) is 4.90 Å². The van der Waals surface area contributed by atoms with Gasteiger partial charge < -0.3 is 10.2 Å². The van der Waals surface area contributed by atoms with Crippen LogP contribution < -0.4 is 5.32 Å². The molecule has 3 rings (SSSR count). The summed E-state index contributed by atoms with van der Waals surface area (Å²) in [6.07, 6.45) is 4.07. The van der Waals surface area contributed by atoms with Crippen LogP contribution in [0.3, 0.4) is 0 Å². The maximum absolute atomic E-state index is 7.50. The minimum atomic E-state index is -2.03. The van der Waals surface area contributed by atoms with Crippen LogP contribution in [-0.4, -0.2) is 46.2 Å². The van der Waals surface area contributed by atoms with E-state index in [1.807, 2.05) is 0 Å². The van der Waals surface area contributed by atoms with E-state index >= 15 is 0 Å². The lowest BCUT2D eigenvalue weighted by Crippen LogP contribution is -2.40. The zero-order valence-corrected chi connectivity index (χ0v) is 11.7. The van der Waals surface area contributed by atoms with Gasteiger partial charge in [-0.3, -0.25) is 0 Å². The first-order valence-electron chi connectivity index (χ1n) is 7.85. The Morgan fingerprint density at radius 2 is 2.28 bits per heavy atom. The van der Waals surface area contributed by atoms with E-state index in [1.54, 1.807) is 0 Å². The molecule has 1 aliphatic carbocycles. The van der Waals surface area contributed by atoms with Gasteiger partial charge in [-0.25, -0.2) is 4.98 Å². The van der Waals surface area contributed by atoms with Crippen molar-refractivity contribution in [2.45, 2.75) is 37.6 Å². The highest BCUT2D eigenvalue weighted by Gasteiger charge is 2.29. The van der Waals surface area contributed by atoms with Crippen LogP contribution in [0.5, 0.6) is 0 Å². The first-order chi connectivity index (χ1) is 9.93. The molecule has 2 fully saturated rings. The summed E-state index contributed by atoms with van der Waals surface area (Å²) in [5.41, 5.74) is 0.955. The van der Waals surface area contributed by atoms with Gasteiger partial charge in [0.2, 0.25) is 5.95 Å². The summed E-state index contributed by atoms with van der Waals surface area (Å²) in [4.78, 5) is 6.05. The Morgan fingerprint density at radius 1 is 1.39 bits per heavy atom. The zero-order valence-electron chi connectivity index (χ0n) is 13.1. The molecule has 1 aliphatic heterocycles. The van der Waals surface area contributed by atoms with E-state index < -0.39 is 6.98 Å². The molecule has 5 nitrogen and oxygen atoms in total. The SMILES string of the molecule is [2H]C([2H])([2H])N1CCC[C@@H](Nc2nnc(Br)c(C3CC3)n2)C1. The predicted octanol–water partition coefficient (Wildman–Crippen LogP) is 2.02. The second-order valence-electron chi connectivity index (χ2n) is 5.02. The highest BCUT2D eigenvalue weighted by Crippen LogP contribution is 2.41. The average Bonchev–Trinajstić information content (AvgIpc) is 3.25. The van der Waals surface area contributed by atoms with Crippen LogP contribution in [0.2, 0.25) is 0 Å². The second kappa shape index (κ2) is 5.09. The number of anilines is 1. The molecule has 1 aromatic heterocycles. The van der Waals surface area contributed by atoms with Crippen LogP contribution >= 0.6 is 15.9 Å². The Labute approximate surface area is 120 Å². The van der Waals surface area contributed by atoms with Gasteiger partial charge >= 0.3 is 0 Å². The molecule has 0 radical (unpaired) electrons. The number of likely N-dealkylation sites (tertiary alicyclic amines) is 1. The van der Waals surface area contributed by atoms with Gasteiger partial charge in [-0.15, -0.1) is 10.2 Å². The van der Waals surface area contributed by atoms with Gasteiger partial charge in [-0.05, 0) is 55.1 Å². The molecule has 2 aliphatic rings. The fraction of sp³-hybridized carbons (Fsp3) is 0.750. The van der Waals surface area contributed by atoms with E-state index in [2.05, 4.69) is 36.4 Å². The van der Waals surface area contributed by atoms with Crippen LogP contribution in [0.1, 0.15) is 41.4 Å². The molecule has 98 valence electrons. The van der Waals surface area contributed by atoms with Gasteiger partial charge in [-0.2, -0.15) is 0 Å². The number of likely N-dealkylation sites (N-methyl/N-ethyl adjacent to an activating group) is 1. The predicted molar refractivity (Wildman–Crippen MR) is 73.6 cm³/mol. The van der Waals surface area contributed by atoms with Crippen LogP contribution in [0.15, 0.2) is 4.60 Å². The fourth-order valence-corrected chi connectivity index (χ4v) is 2.77. The number of piperidine rings is 1. The van der Waals surface area contributed by atoms with Gasteiger partial charge in [0, 0.05) is 22.6 Å². The number of halogens is 1. The Hall–Kier alpha value is -0.750. The molecule has 0 unspecified atom stereocenters. The number of nitrogens with one attached hydrogen (secondary N) is 1. The highest BCUT2D eigenvalue weighted by molar-refractivity contribution is 9.10. The smallest absolute Gasteiger partial charge is 0.243 e. The van der Waals surface area contributed by atoms with Crippen molar-refractivity contribution >= 4 is 21.9 Å². The molecule has 0 spiro atoms. The van der Waals surface area contributed by atoms with Crippen LogP contribution in [0, 0.1) is 0 Å². The maximum Gasteiger partial charge on any atom is 0.243 e. The molecule has 1 saturated carbocycles. The standard InChI is InChI=1S/C12H18BrN5/c1-18-6-2-3-9(7-18)14-12-15-10(8-4-5-8)11(13)16-17-12/h8-9H,2-7H2,1H3,(H,14,15,17)/t9-/m1/s1/i1D3. The third kappa shape index (κ3) is 2.80. The topological polar surface area (TPSA) is 53.9 Å². The first kappa shape index (κ1) is 9.20. The van der Waals surface area contributed by atoms with Gasteiger partial charge in [0.1, 0.15) is 0 Å². The monoisotopic (exact) mass is 314 g/mol. The van der Waals surface area contributed by atoms with Crippen molar-refractivity contribution in [1.82, 2.24) is 20.1 Å². The lowest BCUT2D eigenvalue weighted by Gasteiger charge is -2.30. The quantitative estimate of drug-likeness (QED) is 0.925. The normalized spacial score (nSPS) is 28.3. The minimum absolute atomic E-state index is 0.0502. The van der Waals surface area contributed by atoms with Crippen molar-refractivity contribution in [2.24, 2.45) is 0 Å². The third-order valence-corrected chi connectivity index (χ3v) is 3.95. The van der Waals surface area contributed by atoms with Crippen LogP contribution in [0.25, 0.3) is 0 Å². The number of hydrogen-bond donors (Lipinski definition) is 1. The van der Waals surface area contributed by atoms with Gasteiger partial charge in [0.25, 0.3) is 0 Å². The van der Waals surface area contributed by atoms with Crippen molar-refractivity contribution in [3.8, 4) is 0 Å². The average molecular weight is 315 g/mol. The molecular formula is C12H18BrN5. The Bertz CT molecular complexity index is 520. The molecule has 0 aromatic carbocycles. The molecule has 1 saturated heterocycles. The number of aromatic nitrogens is 3. The largest absolute Gasteiger partial charge is 0.349 e. The summed E-state index contributed by atoms with van der Waals surface area (Å²) in [5, 5.41) is 11.4. The van der Waals surface area contributed by atoms with Gasteiger partial charge in [0.05, 0.1) is 5.69 Å².